The Hall–Kier alpha value is -3.99. The van der Waals surface area contributed by atoms with Crippen molar-refractivity contribution < 1.29 is 33.6 Å². The largest absolute Gasteiger partial charge is 0.497 e. The number of carboxylic acids is 1. The molecule has 3 rings (SSSR count). The predicted molar refractivity (Wildman–Crippen MR) is 125 cm³/mol. The van der Waals surface area contributed by atoms with Crippen LogP contribution in [0.5, 0.6) is 17.2 Å². The van der Waals surface area contributed by atoms with Gasteiger partial charge in [0.05, 0.1) is 20.8 Å². The average molecular weight is 486 g/mol. The van der Waals surface area contributed by atoms with Crippen molar-refractivity contribution in [1.29, 1.82) is 0 Å². The van der Waals surface area contributed by atoms with Gasteiger partial charge in [-0.3, -0.25) is 5.10 Å². The molecule has 2 aromatic carbocycles. The molecular weight excluding hydrogens is 462 g/mol. The van der Waals surface area contributed by atoms with E-state index in [2.05, 4.69) is 15.2 Å². The van der Waals surface area contributed by atoms with Gasteiger partial charge >= 0.3 is 11.9 Å². The molecule has 3 aromatic rings. The number of aromatic amines is 1. The molecule has 1 heterocycles. The van der Waals surface area contributed by atoms with Crippen LogP contribution in [0.4, 0.5) is 0 Å². The molecule has 0 fully saturated rings. The number of esters is 1. The quantitative estimate of drug-likeness (QED) is 0.235. The topological polar surface area (TPSA) is 133 Å². The summed E-state index contributed by atoms with van der Waals surface area (Å²) in [7, 11) is 3.09. The number of rotatable bonds is 11. The summed E-state index contributed by atoms with van der Waals surface area (Å²) in [6.45, 7) is 1.79. The summed E-state index contributed by atoms with van der Waals surface area (Å²) < 4.78 is 20.7. The molecule has 178 valence electrons. The zero-order valence-corrected chi connectivity index (χ0v) is 19.5. The lowest BCUT2D eigenvalue weighted by Crippen LogP contribution is -2.14. The number of carbonyl (C=O) groups excluding carboxylic acids is 1. The number of nitrogens with zero attached hydrogens (tertiary/aromatic N) is 2. The number of aromatic nitrogens is 3. The van der Waals surface area contributed by atoms with Crippen molar-refractivity contribution in [3.8, 4) is 28.6 Å². The number of benzene rings is 2. The number of aliphatic carboxylic acids is 1. The molecule has 0 unspecified atom stereocenters. The molecule has 0 spiro atoms. The highest BCUT2D eigenvalue weighted by molar-refractivity contribution is 8.04. The van der Waals surface area contributed by atoms with Crippen LogP contribution in [-0.4, -0.2) is 59.7 Å². The Labute approximate surface area is 199 Å². The summed E-state index contributed by atoms with van der Waals surface area (Å²) in [5.74, 6) is 0.479. The minimum Gasteiger partial charge on any atom is -0.497 e. The number of carbonyl (C=O) groups is 2. The third-order valence-corrected chi connectivity index (χ3v) is 5.22. The van der Waals surface area contributed by atoms with Gasteiger partial charge in [-0.1, -0.05) is 12.1 Å². The molecule has 1 aromatic heterocycles. The molecule has 0 saturated carbocycles. The van der Waals surface area contributed by atoms with Crippen LogP contribution in [0.25, 0.3) is 17.5 Å². The average Bonchev–Trinajstić information content (AvgIpc) is 3.31. The van der Waals surface area contributed by atoms with Crippen LogP contribution < -0.4 is 14.2 Å². The Kier molecular flexibility index (Phi) is 8.52. The molecule has 0 radical (unpaired) electrons. The van der Waals surface area contributed by atoms with Crippen molar-refractivity contribution in [1.82, 2.24) is 15.2 Å². The fraction of sp³-hybridized carbons (Fsp3) is 0.217. The first-order chi connectivity index (χ1) is 16.4. The summed E-state index contributed by atoms with van der Waals surface area (Å²) >= 11 is 0.904. The second kappa shape index (κ2) is 11.8. The molecule has 0 atom stereocenters. The molecule has 2 N–H and O–H groups in total. The zero-order valence-electron chi connectivity index (χ0n) is 18.7. The summed E-state index contributed by atoms with van der Waals surface area (Å²) in [5.41, 5.74) is 1.30. The van der Waals surface area contributed by atoms with Crippen molar-refractivity contribution >= 4 is 29.8 Å². The number of methoxy groups -OCH3 is 2. The van der Waals surface area contributed by atoms with Gasteiger partial charge in [0.2, 0.25) is 5.16 Å². The van der Waals surface area contributed by atoms with Crippen LogP contribution in [0.1, 0.15) is 12.5 Å². The van der Waals surface area contributed by atoms with E-state index in [-0.39, 0.29) is 23.3 Å². The second-order valence-corrected chi connectivity index (χ2v) is 7.66. The first-order valence-electron chi connectivity index (χ1n) is 10.1. The first kappa shape index (κ1) is 24.6. The van der Waals surface area contributed by atoms with Crippen LogP contribution in [0.15, 0.2) is 52.5 Å². The molecule has 34 heavy (non-hydrogen) atoms. The summed E-state index contributed by atoms with van der Waals surface area (Å²) in [5, 5.41) is 16.8. The minimum atomic E-state index is -1.12. The van der Waals surface area contributed by atoms with E-state index >= 15 is 0 Å². The number of hydrogen-bond donors (Lipinski definition) is 2. The summed E-state index contributed by atoms with van der Waals surface area (Å²) in [6, 6.07) is 11.9. The highest BCUT2D eigenvalue weighted by Crippen LogP contribution is 2.31. The lowest BCUT2D eigenvalue weighted by molar-refractivity contribution is -0.145. The highest BCUT2D eigenvalue weighted by Gasteiger charge is 2.15. The first-order valence-corrected chi connectivity index (χ1v) is 10.9. The molecule has 0 amide bonds. The fourth-order valence-electron chi connectivity index (χ4n) is 2.76. The van der Waals surface area contributed by atoms with Gasteiger partial charge in [-0.25, -0.2) is 14.6 Å². The molecule has 11 heteroatoms. The lowest BCUT2D eigenvalue weighted by atomic mass is 10.2. The van der Waals surface area contributed by atoms with E-state index in [4.69, 9.17) is 18.9 Å². The van der Waals surface area contributed by atoms with E-state index in [0.29, 0.717) is 34.2 Å². The molecule has 0 aliphatic heterocycles. The number of hydrogen-bond acceptors (Lipinski definition) is 9. The number of ether oxygens (including phenoxy) is 4. The standard InChI is InChI=1S/C23H23N3O7S/c1-4-32-20(27)13-33-16-7-5-14(6-8-16)9-19(22(28)29)34-23-24-21(25-26-23)15-10-17(30-2)12-18(11-15)31-3/h5-12H,4,13H2,1-3H3,(H,28,29)(H,24,25,26)/b19-9-. The van der Waals surface area contributed by atoms with Gasteiger partial charge in [0.25, 0.3) is 0 Å². The normalized spacial score (nSPS) is 11.1. The van der Waals surface area contributed by atoms with Crippen molar-refractivity contribution in [2.24, 2.45) is 0 Å². The van der Waals surface area contributed by atoms with Gasteiger partial charge in [-0.05, 0) is 54.6 Å². The molecule has 0 aliphatic carbocycles. The summed E-state index contributed by atoms with van der Waals surface area (Å²) in [6.07, 6.45) is 1.49. The lowest BCUT2D eigenvalue weighted by Gasteiger charge is -2.06. The van der Waals surface area contributed by atoms with Crippen molar-refractivity contribution in [2.45, 2.75) is 12.1 Å². The van der Waals surface area contributed by atoms with E-state index in [1.165, 1.54) is 6.08 Å². The van der Waals surface area contributed by atoms with E-state index in [1.807, 2.05) is 0 Å². The molecule has 0 saturated heterocycles. The van der Waals surface area contributed by atoms with Crippen LogP contribution >= 0.6 is 11.8 Å². The van der Waals surface area contributed by atoms with E-state index < -0.39 is 11.9 Å². The maximum Gasteiger partial charge on any atom is 0.344 e. The van der Waals surface area contributed by atoms with Crippen molar-refractivity contribution in [2.75, 3.05) is 27.4 Å². The Morgan fingerprint density at radius 2 is 1.74 bits per heavy atom. The van der Waals surface area contributed by atoms with Gasteiger partial charge in [0.15, 0.2) is 12.4 Å². The molecular formula is C23H23N3O7S. The van der Waals surface area contributed by atoms with Crippen LogP contribution in [0.3, 0.4) is 0 Å². The highest BCUT2D eigenvalue weighted by atomic mass is 32.2. The van der Waals surface area contributed by atoms with Crippen LogP contribution in [0.2, 0.25) is 0 Å². The third-order valence-electron chi connectivity index (χ3n) is 4.34. The van der Waals surface area contributed by atoms with Gasteiger partial charge in [-0.2, -0.15) is 0 Å². The predicted octanol–water partition coefficient (Wildman–Crippen LogP) is 3.65. The smallest absolute Gasteiger partial charge is 0.344 e. The third kappa shape index (κ3) is 6.75. The van der Waals surface area contributed by atoms with Crippen LogP contribution in [0, 0.1) is 0 Å². The second-order valence-electron chi connectivity index (χ2n) is 6.65. The monoisotopic (exact) mass is 485 g/mol. The van der Waals surface area contributed by atoms with Gasteiger partial charge in [0, 0.05) is 11.6 Å². The molecule has 0 bridgehead atoms. The van der Waals surface area contributed by atoms with E-state index in [0.717, 1.165) is 11.8 Å². The van der Waals surface area contributed by atoms with Gasteiger partial charge < -0.3 is 24.1 Å². The molecule has 10 nitrogen and oxygen atoms in total. The Balaban J connectivity index is 1.73. The van der Waals surface area contributed by atoms with Gasteiger partial charge in [-0.15, -0.1) is 5.10 Å². The zero-order chi connectivity index (χ0) is 24.5. The Morgan fingerprint density at radius 3 is 2.32 bits per heavy atom. The Bertz CT molecular complexity index is 1150. The van der Waals surface area contributed by atoms with Crippen molar-refractivity contribution in [3.63, 3.8) is 0 Å². The van der Waals surface area contributed by atoms with E-state index in [1.54, 1.807) is 63.6 Å². The van der Waals surface area contributed by atoms with Crippen LogP contribution in [-0.2, 0) is 14.3 Å². The van der Waals surface area contributed by atoms with E-state index in [9.17, 15) is 14.7 Å². The number of carboxylic acid groups (broad SMARTS) is 1. The van der Waals surface area contributed by atoms with Gasteiger partial charge in [0.1, 0.15) is 22.2 Å². The maximum atomic E-state index is 11.8. The Morgan fingerprint density at radius 1 is 1.06 bits per heavy atom. The minimum absolute atomic E-state index is 0.0222. The number of nitrogens with one attached hydrogen (secondary N) is 1. The molecule has 0 aliphatic rings. The summed E-state index contributed by atoms with van der Waals surface area (Å²) in [4.78, 5) is 27.6. The number of H-pyrrole nitrogens is 1. The SMILES string of the molecule is CCOC(=O)COc1ccc(/C=C(\Sc2n[nH]c(-c3cc(OC)cc(OC)c3)n2)C(=O)O)cc1. The fourth-order valence-corrected chi connectivity index (χ4v) is 3.46. The van der Waals surface area contributed by atoms with Crippen molar-refractivity contribution in [3.05, 3.63) is 52.9 Å². The number of thioether (sulfide) groups is 1. The maximum absolute atomic E-state index is 11.8.